The summed E-state index contributed by atoms with van der Waals surface area (Å²) < 4.78 is 0. The van der Waals surface area contributed by atoms with Crippen LogP contribution in [0.1, 0.15) is 50.3 Å². The van der Waals surface area contributed by atoms with Crippen LogP contribution in [0.15, 0.2) is 18.5 Å². The molecule has 4 atom stereocenters. The molecule has 0 radical (unpaired) electrons. The highest BCUT2D eigenvalue weighted by molar-refractivity contribution is 5.26. The van der Waals surface area contributed by atoms with Gasteiger partial charge < -0.3 is 0 Å². The summed E-state index contributed by atoms with van der Waals surface area (Å²) in [5.74, 6) is 8.09. The molecule has 0 bridgehead atoms. The van der Waals surface area contributed by atoms with Gasteiger partial charge in [-0.05, 0) is 54.7 Å². The summed E-state index contributed by atoms with van der Waals surface area (Å²) in [6.07, 6.45) is 7.63. The maximum Gasteiger partial charge on any atom is 0.0491 e. The Morgan fingerprint density at radius 3 is 2.72 bits per heavy atom. The van der Waals surface area contributed by atoms with Gasteiger partial charge in [-0.25, -0.2) is 0 Å². The van der Waals surface area contributed by atoms with Crippen LogP contribution in [-0.4, -0.2) is 4.98 Å². The normalized spacial score (nSPS) is 30.1. The first-order valence-electron chi connectivity index (χ1n) is 7.00. The van der Waals surface area contributed by atoms with Gasteiger partial charge in [0.1, 0.15) is 0 Å². The van der Waals surface area contributed by atoms with Crippen LogP contribution in [0.4, 0.5) is 0 Å². The van der Waals surface area contributed by atoms with Gasteiger partial charge in [-0.2, -0.15) is 0 Å². The Morgan fingerprint density at radius 1 is 1.33 bits per heavy atom. The maximum absolute atomic E-state index is 5.81. The third kappa shape index (κ3) is 2.73. The average Bonchev–Trinajstić information content (AvgIpc) is 2.37. The number of aryl methyl sites for hydroxylation is 1. The molecule has 1 aromatic heterocycles. The molecule has 4 unspecified atom stereocenters. The average molecular weight is 247 g/mol. The number of hydrogen-bond donors (Lipinski definition) is 2. The highest BCUT2D eigenvalue weighted by Crippen LogP contribution is 2.40. The molecule has 2 rings (SSSR count). The molecule has 1 fully saturated rings. The van der Waals surface area contributed by atoms with Crippen molar-refractivity contribution in [1.29, 1.82) is 0 Å². The fourth-order valence-electron chi connectivity index (χ4n) is 3.20. The molecule has 18 heavy (non-hydrogen) atoms. The van der Waals surface area contributed by atoms with Crippen molar-refractivity contribution in [2.24, 2.45) is 23.6 Å². The quantitative estimate of drug-likeness (QED) is 0.638. The van der Waals surface area contributed by atoms with Crippen LogP contribution >= 0.6 is 0 Å². The number of hydrogen-bond acceptors (Lipinski definition) is 3. The van der Waals surface area contributed by atoms with Crippen molar-refractivity contribution in [2.45, 2.75) is 46.1 Å². The first-order chi connectivity index (χ1) is 8.63. The summed E-state index contributed by atoms with van der Waals surface area (Å²) in [7, 11) is 0. The highest BCUT2D eigenvalue weighted by Gasteiger charge is 2.31. The fraction of sp³-hybridized carbons (Fsp3) is 0.667. The molecule has 1 aromatic rings. The number of nitrogens with zero attached hydrogens (tertiary/aromatic N) is 1. The number of nitrogens with one attached hydrogen (secondary N) is 1. The van der Waals surface area contributed by atoms with Crippen LogP contribution in [0.3, 0.4) is 0 Å². The molecule has 100 valence electrons. The standard InChI is InChI=1S/C15H25N3/c1-10-4-5-13(8-11(10)2)15(18-16)14-6-7-17-9-12(14)3/h6-7,9-11,13,15,18H,4-5,8,16H2,1-3H3. The molecule has 3 heteroatoms. The Morgan fingerprint density at radius 2 is 2.11 bits per heavy atom. The van der Waals surface area contributed by atoms with Crippen LogP contribution in [0.5, 0.6) is 0 Å². The van der Waals surface area contributed by atoms with Gasteiger partial charge in [0, 0.05) is 18.4 Å². The second kappa shape index (κ2) is 5.81. The number of pyridine rings is 1. The Labute approximate surface area is 110 Å². The van der Waals surface area contributed by atoms with E-state index >= 15 is 0 Å². The predicted molar refractivity (Wildman–Crippen MR) is 74.7 cm³/mol. The molecule has 1 aliphatic carbocycles. The lowest BCUT2D eigenvalue weighted by Crippen LogP contribution is -2.37. The second-order valence-corrected chi connectivity index (χ2v) is 5.90. The van der Waals surface area contributed by atoms with E-state index < -0.39 is 0 Å². The van der Waals surface area contributed by atoms with Gasteiger partial charge in [0.2, 0.25) is 0 Å². The van der Waals surface area contributed by atoms with Crippen LogP contribution in [0.25, 0.3) is 0 Å². The number of aromatic nitrogens is 1. The topological polar surface area (TPSA) is 50.9 Å². The molecule has 0 saturated heterocycles. The highest BCUT2D eigenvalue weighted by atomic mass is 15.2. The molecule has 0 aromatic carbocycles. The van der Waals surface area contributed by atoms with Gasteiger partial charge in [0.05, 0.1) is 0 Å². The minimum atomic E-state index is 0.267. The lowest BCUT2D eigenvalue weighted by molar-refractivity contribution is 0.171. The van der Waals surface area contributed by atoms with Crippen LogP contribution in [0.2, 0.25) is 0 Å². The number of nitrogens with two attached hydrogens (primary N) is 1. The zero-order valence-corrected chi connectivity index (χ0v) is 11.7. The van der Waals surface area contributed by atoms with Crippen molar-refractivity contribution in [2.75, 3.05) is 0 Å². The summed E-state index contributed by atoms with van der Waals surface area (Å²) >= 11 is 0. The van der Waals surface area contributed by atoms with Crippen molar-refractivity contribution >= 4 is 0 Å². The largest absolute Gasteiger partial charge is 0.271 e. The Kier molecular flexibility index (Phi) is 4.36. The second-order valence-electron chi connectivity index (χ2n) is 5.90. The third-order valence-corrected chi connectivity index (χ3v) is 4.69. The molecule has 0 spiro atoms. The van der Waals surface area contributed by atoms with Crippen molar-refractivity contribution in [1.82, 2.24) is 10.4 Å². The molecule has 0 aliphatic heterocycles. The van der Waals surface area contributed by atoms with E-state index in [2.05, 4.69) is 37.2 Å². The van der Waals surface area contributed by atoms with Crippen LogP contribution in [0, 0.1) is 24.7 Å². The Bertz CT molecular complexity index is 391. The van der Waals surface area contributed by atoms with E-state index in [0.29, 0.717) is 5.92 Å². The van der Waals surface area contributed by atoms with Gasteiger partial charge >= 0.3 is 0 Å². The lowest BCUT2D eigenvalue weighted by atomic mass is 9.72. The van der Waals surface area contributed by atoms with Crippen molar-refractivity contribution in [3.05, 3.63) is 29.6 Å². The molecule has 1 aliphatic rings. The van der Waals surface area contributed by atoms with Crippen molar-refractivity contribution in [3.63, 3.8) is 0 Å². The number of rotatable bonds is 3. The minimum absolute atomic E-state index is 0.267. The first kappa shape index (κ1) is 13.5. The summed E-state index contributed by atoms with van der Waals surface area (Å²) in [5.41, 5.74) is 5.57. The SMILES string of the molecule is Cc1cnccc1C(NN)C1CCC(C)C(C)C1. The first-order valence-corrected chi connectivity index (χ1v) is 7.00. The molecular weight excluding hydrogens is 222 g/mol. The van der Waals surface area contributed by atoms with E-state index in [1.807, 2.05) is 12.4 Å². The monoisotopic (exact) mass is 247 g/mol. The van der Waals surface area contributed by atoms with Gasteiger partial charge in [0.25, 0.3) is 0 Å². The van der Waals surface area contributed by atoms with Gasteiger partial charge in [-0.3, -0.25) is 16.3 Å². The van der Waals surface area contributed by atoms with Crippen LogP contribution < -0.4 is 11.3 Å². The van der Waals surface area contributed by atoms with Crippen molar-refractivity contribution < 1.29 is 0 Å². The molecule has 3 N–H and O–H groups in total. The van der Waals surface area contributed by atoms with Gasteiger partial charge in [0.15, 0.2) is 0 Å². The molecule has 1 heterocycles. The Balaban J connectivity index is 2.17. The predicted octanol–water partition coefficient (Wildman–Crippen LogP) is 2.97. The zero-order chi connectivity index (χ0) is 13.1. The maximum atomic E-state index is 5.81. The molecule has 1 saturated carbocycles. The van der Waals surface area contributed by atoms with Gasteiger partial charge in [-0.1, -0.05) is 20.3 Å². The van der Waals surface area contributed by atoms with E-state index in [0.717, 1.165) is 11.8 Å². The van der Waals surface area contributed by atoms with E-state index in [4.69, 9.17) is 5.84 Å². The molecule has 3 nitrogen and oxygen atoms in total. The summed E-state index contributed by atoms with van der Waals surface area (Å²) in [5, 5.41) is 0. The minimum Gasteiger partial charge on any atom is -0.271 e. The number of hydrazine groups is 1. The van der Waals surface area contributed by atoms with Crippen molar-refractivity contribution in [3.8, 4) is 0 Å². The summed E-state index contributed by atoms with van der Waals surface area (Å²) in [4.78, 5) is 4.17. The van der Waals surface area contributed by atoms with Gasteiger partial charge in [-0.15, -0.1) is 0 Å². The zero-order valence-electron chi connectivity index (χ0n) is 11.7. The smallest absolute Gasteiger partial charge is 0.0491 e. The van der Waals surface area contributed by atoms with Crippen LogP contribution in [-0.2, 0) is 0 Å². The summed E-state index contributed by atoms with van der Waals surface area (Å²) in [6, 6.07) is 2.37. The summed E-state index contributed by atoms with van der Waals surface area (Å²) in [6.45, 7) is 6.84. The Hall–Kier alpha value is -0.930. The lowest BCUT2D eigenvalue weighted by Gasteiger charge is -2.37. The van der Waals surface area contributed by atoms with E-state index in [-0.39, 0.29) is 6.04 Å². The molecular formula is C15H25N3. The van der Waals surface area contributed by atoms with E-state index in [1.54, 1.807) is 0 Å². The van der Waals surface area contributed by atoms with E-state index in [1.165, 1.54) is 30.4 Å². The van der Waals surface area contributed by atoms with E-state index in [9.17, 15) is 0 Å². The molecule has 0 amide bonds. The fourth-order valence-corrected chi connectivity index (χ4v) is 3.20. The third-order valence-electron chi connectivity index (χ3n) is 4.69.